The van der Waals surface area contributed by atoms with Crippen molar-refractivity contribution in [2.75, 3.05) is 5.88 Å². The van der Waals surface area contributed by atoms with Crippen LogP contribution in [0.15, 0.2) is 18.2 Å². The molecule has 1 aromatic rings. The Kier molecular flexibility index (Phi) is 4.31. The first-order valence-electron chi connectivity index (χ1n) is 4.92. The molecule has 0 aromatic heterocycles. The van der Waals surface area contributed by atoms with Crippen molar-refractivity contribution in [3.63, 3.8) is 0 Å². The monoisotopic (exact) mass is 196 g/mol. The Hall–Kier alpha value is -0.490. The van der Waals surface area contributed by atoms with Gasteiger partial charge in [0.15, 0.2) is 0 Å². The summed E-state index contributed by atoms with van der Waals surface area (Å²) in [6, 6.07) is 6.74. The fourth-order valence-corrected chi connectivity index (χ4v) is 1.65. The standard InChI is InChI=1S/C12H17Cl/c1-3-11-6-7-12(5-4-8-13)10(2)9-11/h6-7,9H,3-5,8H2,1-2H3. The molecule has 0 spiro atoms. The van der Waals surface area contributed by atoms with E-state index in [0.29, 0.717) is 0 Å². The summed E-state index contributed by atoms with van der Waals surface area (Å²) in [6.07, 6.45) is 3.31. The predicted molar refractivity (Wildman–Crippen MR) is 59.6 cm³/mol. The summed E-state index contributed by atoms with van der Waals surface area (Å²) in [5, 5.41) is 0. The number of hydrogen-bond donors (Lipinski definition) is 0. The molecule has 0 heterocycles. The van der Waals surface area contributed by atoms with E-state index < -0.39 is 0 Å². The van der Waals surface area contributed by atoms with Crippen molar-refractivity contribution in [2.24, 2.45) is 0 Å². The molecule has 1 rings (SSSR count). The Balaban J connectivity index is 2.73. The second kappa shape index (κ2) is 5.29. The molecule has 0 nitrogen and oxygen atoms in total. The Morgan fingerprint density at radius 3 is 2.62 bits per heavy atom. The summed E-state index contributed by atoms with van der Waals surface area (Å²) in [6.45, 7) is 4.37. The highest BCUT2D eigenvalue weighted by molar-refractivity contribution is 6.17. The Bertz CT molecular complexity index is 266. The van der Waals surface area contributed by atoms with E-state index in [1.165, 1.54) is 16.7 Å². The summed E-state index contributed by atoms with van der Waals surface area (Å²) in [5.74, 6) is 0.759. The van der Waals surface area contributed by atoms with Gasteiger partial charge < -0.3 is 0 Å². The van der Waals surface area contributed by atoms with Crippen molar-refractivity contribution in [1.82, 2.24) is 0 Å². The number of alkyl halides is 1. The molecule has 0 amide bonds. The molecule has 1 heteroatoms. The number of aryl methyl sites for hydroxylation is 3. The molecule has 0 unspecified atom stereocenters. The van der Waals surface area contributed by atoms with Gasteiger partial charge in [0.25, 0.3) is 0 Å². The second-order valence-corrected chi connectivity index (χ2v) is 3.78. The lowest BCUT2D eigenvalue weighted by molar-refractivity contribution is 0.916. The topological polar surface area (TPSA) is 0 Å². The number of halogens is 1. The zero-order valence-corrected chi connectivity index (χ0v) is 9.19. The SMILES string of the molecule is CCc1ccc(CCCCl)c(C)c1. The van der Waals surface area contributed by atoms with Crippen LogP contribution >= 0.6 is 11.6 Å². The average molecular weight is 197 g/mol. The van der Waals surface area contributed by atoms with Crippen molar-refractivity contribution < 1.29 is 0 Å². The van der Waals surface area contributed by atoms with Gasteiger partial charge in [-0.3, -0.25) is 0 Å². The summed E-state index contributed by atoms with van der Waals surface area (Å²) in [5.41, 5.74) is 4.27. The molecule has 0 N–H and O–H groups in total. The van der Waals surface area contributed by atoms with Crippen LogP contribution in [0, 0.1) is 6.92 Å². The highest BCUT2D eigenvalue weighted by Gasteiger charge is 1.98. The predicted octanol–water partition coefficient (Wildman–Crippen LogP) is 3.73. The molecule has 0 aliphatic heterocycles. The van der Waals surface area contributed by atoms with Gasteiger partial charge in [-0.15, -0.1) is 11.6 Å². The Labute approximate surface area is 85.9 Å². The van der Waals surface area contributed by atoms with Crippen LogP contribution in [0.5, 0.6) is 0 Å². The van der Waals surface area contributed by atoms with Gasteiger partial charge in [0, 0.05) is 5.88 Å². The molecule has 0 saturated heterocycles. The van der Waals surface area contributed by atoms with Crippen LogP contribution in [0.4, 0.5) is 0 Å². The number of benzene rings is 1. The van der Waals surface area contributed by atoms with Gasteiger partial charge in [-0.2, -0.15) is 0 Å². The summed E-state index contributed by atoms with van der Waals surface area (Å²) in [7, 11) is 0. The maximum absolute atomic E-state index is 5.66. The summed E-state index contributed by atoms with van der Waals surface area (Å²) < 4.78 is 0. The minimum absolute atomic E-state index is 0.759. The minimum Gasteiger partial charge on any atom is -0.127 e. The van der Waals surface area contributed by atoms with Crippen molar-refractivity contribution >= 4 is 11.6 Å². The van der Waals surface area contributed by atoms with Crippen LogP contribution in [0.3, 0.4) is 0 Å². The number of rotatable bonds is 4. The average Bonchev–Trinajstić information content (AvgIpc) is 2.16. The molecule has 0 aliphatic rings. The maximum Gasteiger partial charge on any atom is 0.0226 e. The van der Waals surface area contributed by atoms with Gasteiger partial charge in [0.2, 0.25) is 0 Å². The first-order valence-corrected chi connectivity index (χ1v) is 5.45. The van der Waals surface area contributed by atoms with Gasteiger partial charge in [-0.05, 0) is 42.9 Å². The molecule has 0 atom stereocenters. The molecule has 0 bridgehead atoms. The van der Waals surface area contributed by atoms with Gasteiger partial charge >= 0.3 is 0 Å². The maximum atomic E-state index is 5.66. The molecule has 0 saturated carbocycles. The van der Waals surface area contributed by atoms with Gasteiger partial charge in [0.05, 0.1) is 0 Å². The normalized spacial score (nSPS) is 10.4. The fourth-order valence-electron chi connectivity index (χ4n) is 1.52. The highest BCUT2D eigenvalue weighted by Crippen LogP contribution is 2.13. The van der Waals surface area contributed by atoms with Crippen LogP contribution in [-0.2, 0) is 12.8 Å². The molecule has 0 fully saturated rings. The highest BCUT2D eigenvalue weighted by atomic mass is 35.5. The first-order chi connectivity index (χ1) is 6.27. The van der Waals surface area contributed by atoms with E-state index in [-0.39, 0.29) is 0 Å². The minimum atomic E-state index is 0.759. The lowest BCUT2D eigenvalue weighted by atomic mass is 10.0. The smallest absolute Gasteiger partial charge is 0.0226 e. The Morgan fingerprint density at radius 2 is 2.08 bits per heavy atom. The molecular weight excluding hydrogens is 180 g/mol. The molecule has 72 valence electrons. The van der Waals surface area contributed by atoms with E-state index in [0.717, 1.165) is 25.1 Å². The number of hydrogen-bond acceptors (Lipinski definition) is 0. The molecule has 13 heavy (non-hydrogen) atoms. The third-order valence-electron chi connectivity index (χ3n) is 2.39. The molecule has 1 aromatic carbocycles. The van der Waals surface area contributed by atoms with Gasteiger partial charge in [0.1, 0.15) is 0 Å². The van der Waals surface area contributed by atoms with Gasteiger partial charge in [-0.1, -0.05) is 25.1 Å². The molecule has 0 radical (unpaired) electrons. The Morgan fingerprint density at radius 1 is 1.31 bits per heavy atom. The van der Waals surface area contributed by atoms with Crippen molar-refractivity contribution in [3.05, 3.63) is 34.9 Å². The van der Waals surface area contributed by atoms with Crippen molar-refractivity contribution in [1.29, 1.82) is 0 Å². The quantitative estimate of drug-likeness (QED) is 0.644. The van der Waals surface area contributed by atoms with Crippen LogP contribution in [-0.4, -0.2) is 5.88 Å². The van der Waals surface area contributed by atoms with Gasteiger partial charge in [-0.25, -0.2) is 0 Å². The van der Waals surface area contributed by atoms with E-state index in [1.54, 1.807) is 0 Å². The van der Waals surface area contributed by atoms with E-state index >= 15 is 0 Å². The van der Waals surface area contributed by atoms with Crippen LogP contribution in [0.1, 0.15) is 30.0 Å². The third-order valence-corrected chi connectivity index (χ3v) is 2.66. The fraction of sp³-hybridized carbons (Fsp3) is 0.500. The summed E-state index contributed by atoms with van der Waals surface area (Å²) >= 11 is 5.66. The lowest BCUT2D eigenvalue weighted by Gasteiger charge is -2.06. The van der Waals surface area contributed by atoms with Crippen LogP contribution < -0.4 is 0 Å². The molecule has 0 aliphatic carbocycles. The van der Waals surface area contributed by atoms with Crippen molar-refractivity contribution in [2.45, 2.75) is 33.1 Å². The molecular formula is C12H17Cl. The largest absolute Gasteiger partial charge is 0.127 e. The van der Waals surface area contributed by atoms with E-state index in [9.17, 15) is 0 Å². The zero-order valence-electron chi connectivity index (χ0n) is 8.44. The first kappa shape index (κ1) is 10.6. The summed E-state index contributed by atoms with van der Waals surface area (Å²) in [4.78, 5) is 0. The zero-order chi connectivity index (χ0) is 9.68. The van der Waals surface area contributed by atoms with Crippen LogP contribution in [0.25, 0.3) is 0 Å². The lowest BCUT2D eigenvalue weighted by Crippen LogP contribution is -1.92. The van der Waals surface area contributed by atoms with E-state index in [4.69, 9.17) is 11.6 Å². The second-order valence-electron chi connectivity index (χ2n) is 3.41. The third kappa shape index (κ3) is 3.04. The van der Waals surface area contributed by atoms with Crippen molar-refractivity contribution in [3.8, 4) is 0 Å². The van der Waals surface area contributed by atoms with E-state index in [1.807, 2.05) is 0 Å². The van der Waals surface area contributed by atoms with Crippen LogP contribution in [0.2, 0.25) is 0 Å². The van der Waals surface area contributed by atoms with E-state index in [2.05, 4.69) is 32.0 Å².